The number of rotatable bonds is 8. The van der Waals surface area contributed by atoms with Crippen LogP contribution in [0.2, 0.25) is 0 Å². The van der Waals surface area contributed by atoms with E-state index < -0.39 is 11.7 Å². The van der Waals surface area contributed by atoms with E-state index >= 15 is 0 Å². The first-order valence-electron chi connectivity index (χ1n) is 13.9. The molecular weight excluding hydrogens is 555 g/mol. The summed E-state index contributed by atoms with van der Waals surface area (Å²) in [7, 11) is 4.19. The molecule has 9 heteroatoms. The van der Waals surface area contributed by atoms with Gasteiger partial charge in [0.15, 0.2) is 0 Å². The van der Waals surface area contributed by atoms with Crippen LogP contribution >= 0.6 is 11.3 Å². The predicted molar refractivity (Wildman–Crippen MR) is 171 cm³/mol. The van der Waals surface area contributed by atoms with Gasteiger partial charge in [0.05, 0.1) is 26.9 Å². The lowest BCUT2D eigenvalue weighted by Crippen LogP contribution is -2.15. The summed E-state index contributed by atoms with van der Waals surface area (Å²) in [6, 6.07) is 30.1. The van der Waals surface area contributed by atoms with E-state index in [0.717, 1.165) is 53.4 Å². The number of alkyl halides is 3. The Hall–Kier alpha value is -4.37. The molecule has 1 fully saturated rings. The summed E-state index contributed by atoms with van der Waals surface area (Å²) < 4.78 is 38.4. The quantitative estimate of drug-likeness (QED) is 0.177. The van der Waals surface area contributed by atoms with E-state index in [1.165, 1.54) is 40.4 Å². The number of nitrogens with zero attached hydrogens (tertiary/aromatic N) is 3. The second-order valence-corrected chi connectivity index (χ2v) is 11.5. The van der Waals surface area contributed by atoms with Gasteiger partial charge in [0, 0.05) is 55.0 Å². The van der Waals surface area contributed by atoms with Crippen molar-refractivity contribution in [1.29, 1.82) is 0 Å². The van der Waals surface area contributed by atoms with Crippen LogP contribution in [0, 0.1) is 0 Å². The van der Waals surface area contributed by atoms with Crippen LogP contribution in [0.25, 0.3) is 10.8 Å². The largest absolute Gasteiger partial charge is 0.416 e. The third kappa shape index (κ3) is 5.69. The van der Waals surface area contributed by atoms with Gasteiger partial charge in [-0.3, -0.25) is 0 Å². The number of hydrogen-bond donors (Lipinski definition) is 2. The second-order valence-electron chi connectivity index (χ2n) is 10.4. The second kappa shape index (κ2) is 11.5. The minimum atomic E-state index is -4.35. The molecule has 0 atom stereocenters. The highest BCUT2D eigenvalue weighted by atomic mass is 32.1. The minimum absolute atomic E-state index is 0.538. The minimum Gasteiger partial charge on any atom is -0.363 e. The average Bonchev–Trinajstić information content (AvgIpc) is 3.72. The third-order valence-electron chi connectivity index (χ3n) is 7.74. The molecule has 0 amide bonds. The van der Waals surface area contributed by atoms with Crippen LogP contribution in [0.5, 0.6) is 0 Å². The summed E-state index contributed by atoms with van der Waals surface area (Å²) in [5.41, 5.74) is 9.92. The lowest BCUT2D eigenvalue weighted by atomic mass is 10.0. The first-order valence-corrected chi connectivity index (χ1v) is 14.7. The molecular formula is C33H32F3N5S. The Morgan fingerprint density at radius 1 is 0.667 bits per heavy atom. The molecule has 1 aliphatic rings. The molecule has 1 aromatic heterocycles. The van der Waals surface area contributed by atoms with Crippen molar-refractivity contribution in [3.8, 4) is 0 Å². The first kappa shape index (κ1) is 27.8. The van der Waals surface area contributed by atoms with Crippen molar-refractivity contribution in [2.75, 3.05) is 52.7 Å². The molecule has 2 N–H and O–H groups in total. The summed E-state index contributed by atoms with van der Waals surface area (Å²) >= 11 is 1.84. The number of hydrogen-bond acceptors (Lipinski definition) is 6. The fourth-order valence-electron chi connectivity index (χ4n) is 5.37. The monoisotopic (exact) mass is 587 g/mol. The van der Waals surface area contributed by atoms with Crippen LogP contribution in [0.1, 0.15) is 18.4 Å². The van der Waals surface area contributed by atoms with Crippen molar-refractivity contribution in [3.05, 3.63) is 103 Å². The zero-order chi connectivity index (χ0) is 29.3. The molecule has 6 rings (SSSR count). The molecule has 2 heterocycles. The van der Waals surface area contributed by atoms with Crippen LogP contribution in [-0.2, 0) is 6.18 Å². The van der Waals surface area contributed by atoms with Gasteiger partial charge in [-0.15, -0.1) is 11.3 Å². The average molecular weight is 588 g/mol. The summed E-state index contributed by atoms with van der Waals surface area (Å²) in [5, 5.41) is 4.89. The lowest BCUT2D eigenvalue weighted by molar-refractivity contribution is -0.137. The SMILES string of the molecule is CN(c1ccc(NNc2ccc(C(F)(F)F)cc2)cc1)c1ccc(N(C)c2ccc(N3CCCC3)s2)c2ccccc12. The molecule has 0 aliphatic carbocycles. The van der Waals surface area contributed by atoms with Gasteiger partial charge in [-0.2, -0.15) is 13.2 Å². The molecule has 0 unspecified atom stereocenters. The smallest absolute Gasteiger partial charge is 0.363 e. The van der Waals surface area contributed by atoms with E-state index in [4.69, 9.17) is 0 Å². The van der Waals surface area contributed by atoms with E-state index in [2.05, 4.69) is 88.2 Å². The predicted octanol–water partition coefficient (Wildman–Crippen LogP) is 9.50. The highest BCUT2D eigenvalue weighted by Crippen LogP contribution is 2.42. The van der Waals surface area contributed by atoms with Gasteiger partial charge in [0.1, 0.15) is 0 Å². The van der Waals surface area contributed by atoms with Crippen LogP contribution < -0.4 is 25.6 Å². The van der Waals surface area contributed by atoms with Crippen molar-refractivity contribution < 1.29 is 13.2 Å². The fourth-order valence-corrected chi connectivity index (χ4v) is 6.40. The standard InChI is InChI=1S/C33H32F3N5S/c1-39(26-15-13-25(14-16-26)38-37-24-11-9-23(10-12-24)33(34,35)36)29-17-18-30(28-8-4-3-7-27(28)29)40(2)31-19-20-32(42-31)41-21-5-6-22-41/h3-4,7-20,37-38H,5-6,21-22H2,1-2H3. The Bertz CT molecular complexity index is 1660. The zero-order valence-corrected chi connectivity index (χ0v) is 24.3. The van der Waals surface area contributed by atoms with Crippen molar-refractivity contribution in [2.24, 2.45) is 0 Å². The first-order chi connectivity index (χ1) is 20.3. The number of halogens is 3. The zero-order valence-electron chi connectivity index (χ0n) is 23.4. The van der Waals surface area contributed by atoms with Gasteiger partial charge in [-0.05, 0) is 85.6 Å². The number of benzene rings is 4. The van der Waals surface area contributed by atoms with E-state index in [9.17, 15) is 13.2 Å². The molecule has 0 spiro atoms. The Kier molecular flexibility index (Phi) is 7.60. The molecule has 5 aromatic rings. The van der Waals surface area contributed by atoms with Crippen LogP contribution in [0.15, 0.2) is 97.1 Å². The van der Waals surface area contributed by atoms with Crippen LogP contribution in [0.4, 0.5) is 51.6 Å². The molecule has 0 radical (unpaired) electrons. The van der Waals surface area contributed by atoms with Gasteiger partial charge in [0.25, 0.3) is 0 Å². The Morgan fingerprint density at radius 2 is 1.21 bits per heavy atom. The van der Waals surface area contributed by atoms with Gasteiger partial charge >= 0.3 is 6.18 Å². The van der Waals surface area contributed by atoms with E-state index in [1.807, 2.05) is 35.6 Å². The van der Waals surface area contributed by atoms with E-state index in [0.29, 0.717) is 5.69 Å². The lowest BCUT2D eigenvalue weighted by Gasteiger charge is -2.25. The molecule has 216 valence electrons. The number of nitrogens with one attached hydrogen (secondary N) is 2. The summed E-state index contributed by atoms with van der Waals surface area (Å²) in [4.78, 5) is 6.92. The van der Waals surface area contributed by atoms with Crippen molar-refractivity contribution in [2.45, 2.75) is 19.0 Å². The topological polar surface area (TPSA) is 33.8 Å². The molecule has 5 nitrogen and oxygen atoms in total. The maximum absolute atomic E-state index is 12.8. The molecule has 42 heavy (non-hydrogen) atoms. The van der Waals surface area contributed by atoms with Gasteiger partial charge in [-0.1, -0.05) is 24.3 Å². The molecule has 0 bridgehead atoms. The number of hydrazine groups is 1. The van der Waals surface area contributed by atoms with Crippen molar-refractivity contribution in [3.63, 3.8) is 0 Å². The van der Waals surface area contributed by atoms with Crippen molar-refractivity contribution in [1.82, 2.24) is 0 Å². The highest BCUT2D eigenvalue weighted by Gasteiger charge is 2.30. The van der Waals surface area contributed by atoms with Crippen LogP contribution in [-0.4, -0.2) is 27.2 Å². The third-order valence-corrected chi connectivity index (χ3v) is 8.97. The fraction of sp³-hybridized carbons (Fsp3) is 0.212. The van der Waals surface area contributed by atoms with Crippen molar-refractivity contribution >= 4 is 60.5 Å². The molecule has 1 saturated heterocycles. The maximum Gasteiger partial charge on any atom is 0.416 e. The van der Waals surface area contributed by atoms with E-state index in [-0.39, 0.29) is 0 Å². The maximum atomic E-state index is 12.8. The summed E-state index contributed by atoms with van der Waals surface area (Å²) in [5.74, 6) is 0. The van der Waals surface area contributed by atoms with Gasteiger partial charge in [-0.25, -0.2) is 0 Å². The molecule has 4 aromatic carbocycles. The normalized spacial score (nSPS) is 13.4. The van der Waals surface area contributed by atoms with Gasteiger partial charge in [0.2, 0.25) is 0 Å². The number of anilines is 7. The van der Waals surface area contributed by atoms with Gasteiger partial charge < -0.3 is 25.6 Å². The highest BCUT2D eigenvalue weighted by molar-refractivity contribution is 7.20. The number of thiophene rings is 1. The Morgan fingerprint density at radius 3 is 1.79 bits per heavy atom. The molecule has 0 saturated carbocycles. The molecule has 1 aliphatic heterocycles. The Balaban J connectivity index is 1.18. The number of fused-ring (bicyclic) bond motifs is 1. The van der Waals surface area contributed by atoms with E-state index in [1.54, 1.807) is 0 Å². The summed E-state index contributed by atoms with van der Waals surface area (Å²) in [6.07, 6.45) is -1.82. The summed E-state index contributed by atoms with van der Waals surface area (Å²) in [6.45, 7) is 2.28. The Labute approximate surface area is 247 Å². The van der Waals surface area contributed by atoms with Crippen LogP contribution in [0.3, 0.4) is 0 Å².